The third-order valence-corrected chi connectivity index (χ3v) is 2.44. The molecule has 0 unspecified atom stereocenters. The fourth-order valence-corrected chi connectivity index (χ4v) is 1.74. The summed E-state index contributed by atoms with van der Waals surface area (Å²) in [4.78, 5) is 13.7. The van der Waals surface area contributed by atoms with Gasteiger partial charge in [-0.1, -0.05) is 13.8 Å². The van der Waals surface area contributed by atoms with Crippen LogP contribution in [0.25, 0.3) is 0 Å². The van der Waals surface area contributed by atoms with Crippen LogP contribution >= 0.6 is 0 Å². The standard InChI is InChI=1S/C11H21NO2/c1-9(2)10(13)12-6-5-7-14-11(3,4)8-12/h9H,5-8H2,1-4H3. The maximum atomic E-state index is 11.8. The van der Waals surface area contributed by atoms with Crippen molar-refractivity contribution < 1.29 is 9.53 Å². The summed E-state index contributed by atoms with van der Waals surface area (Å²) in [5.74, 6) is 0.326. The summed E-state index contributed by atoms with van der Waals surface area (Å²) in [7, 11) is 0. The third-order valence-electron chi connectivity index (χ3n) is 2.44. The predicted molar refractivity (Wildman–Crippen MR) is 56.1 cm³/mol. The second-order valence-corrected chi connectivity index (χ2v) is 4.88. The Morgan fingerprint density at radius 2 is 2.07 bits per heavy atom. The minimum Gasteiger partial charge on any atom is -0.374 e. The Labute approximate surface area is 86.4 Å². The number of hydrogen-bond acceptors (Lipinski definition) is 2. The Morgan fingerprint density at radius 3 is 2.64 bits per heavy atom. The molecule has 0 bridgehead atoms. The van der Waals surface area contributed by atoms with Crippen molar-refractivity contribution in [1.29, 1.82) is 0 Å². The highest BCUT2D eigenvalue weighted by Gasteiger charge is 2.28. The molecule has 0 spiro atoms. The molecule has 0 saturated carbocycles. The first-order valence-corrected chi connectivity index (χ1v) is 5.35. The first-order valence-electron chi connectivity index (χ1n) is 5.35. The van der Waals surface area contributed by atoms with E-state index in [1.807, 2.05) is 32.6 Å². The van der Waals surface area contributed by atoms with Crippen molar-refractivity contribution in [3.05, 3.63) is 0 Å². The van der Waals surface area contributed by atoms with Crippen molar-refractivity contribution in [1.82, 2.24) is 4.90 Å². The maximum Gasteiger partial charge on any atom is 0.225 e. The van der Waals surface area contributed by atoms with Crippen LogP contribution in [0.4, 0.5) is 0 Å². The number of carbonyl (C=O) groups excluding carboxylic acids is 1. The van der Waals surface area contributed by atoms with E-state index in [0.29, 0.717) is 6.54 Å². The zero-order chi connectivity index (χ0) is 10.8. The van der Waals surface area contributed by atoms with Crippen molar-refractivity contribution in [2.24, 2.45) is 5.92 Å². The van der Waals surface area contributed by atoms with Gasteiger partial charge < -0.3 is 9.64 Å². The van der Waals surface area contributed by atoms with Crippen LogP contribution in [0.1, 0.15) is 34.1 Å². The van der Waals surface area contributed by atoms with Gasteiger partial charge in [0, 0.05) is 25.6 Å². The molecule has 0 N–H and O–H groups in total. The van der Waals surface area contributed by atoms with Gasteiger partial charge in [0.25, 0.3) is 0 Å². The number of ether oxygens (including phenoxy) is 1. The number of carbonyl (C=O) groups is 1. The zero-order valence-corrected chi connectivity index (χ0v) is 9.67. The van der Waals surface area contributed by atoms with Gasteiger partial charge in [0.1, 0.15) is 0 Å². The van der Waals surface area contributed by atoms with Crippen LogP contribution in [0, 0.1) is 5.92 Å². The Balaban J connectivity index is 2.64. The Morgan fingerprint density at radius 1 is 1.43 bits per heavy atom. The van der Waals surface area contributed by atoms with Gasteiger partial charge in [-0.05, 0) is 20.3 Å². The van der Waals surface area contributed by atoms with Crippen molar-refractivity contribution in [2.45, 2.75) is 39.7 Å². The molecular formula is C11H21NO2. The molecular weight excluding hydrogens is 178 g/mol. The lowest BCUT2D eigenvalue weighted by Gasteiger charge is -2.30. The lowest BCUT2D eigenvalue weighted by Crippen LogP contribution is -2.43. The lowest BCUT2D eigenvalue weighted by molar-refractivity contribution is -0.136. The molecule has 1 rings (SSSR count). The Bertz CT molecular complexity index is 211. The first-order chi connectivity index (χ1) is 6.42. The monoisotopic (exact) mass is 199 g/mol. The summed E-state index contributed by atoms with van der Waals surface area (Å²) < 4.78 is 5.66. The molecule has 0 radical (unpaired) electrons. The van der Waals surface area contributed by atoms with E-state index in [1.54, 1.807) is 0 Å². The molecule has 3 heteroatoms. The van der Waals surface area contributed by atoms with Crippen LogP contribution in [-0.4, -0.2) is 36.1 Å². The van der Waals surface area contributed by atoms with Gasteiger partial charge in [0.05, 0.1) is 5.60 Å². The third kappa shape index (κ3) is 2.98. The molecule has 0 aromatic rings. The number of hydrogen-bond donors (Lipinski definition) is 0. The average Bonchev–Trinajstić information content (AvgIpc) is 2.24. The van der Waals surface area contributed by atoms with Crippen molar-refractivity contribution in [2.75, 3.05) is 19.7 Å². The van der Waals surface area contributed by atoms with Crippen LogP contribution in [0.15, 0.2) is 0 Å². The Hall–Kier alpha value is -0.570. The van der Waals surface area contributed by atoms with Gasteiger partial charge >= 0.3 is 0 Å². The highest BCUT2D eigenvalue weighted by Crippen LogP contribution is 2.17. The summed E-state index contributed by atoms with van der Waals surface area (Å²) in [6.07, 6.45) is 0.946. The summed E-state index contributed by atoms with van der Waals surface area (Å²) >= 11 is 0. The summed E-state index contributed by atoms with van der Waals surface area (Å²) in [6, 6.07) is 0. The largest absolute Gasteiger partial charge is 0.374 e. The van der Waals surface area contributed by atoms with E-state index in [-0.39, 0.29) is 17.4 Å². The van der Waals surface area contributed by atoms with Gasteiger partial charge in [-0.15, -0.1) is 0 Å². The second kappa shape index (κ2) is 4.30. The molecule has 0 atom stereocenters. The molecule has 1 saturated heterocycles. The summed E-state index contributed by atoms with van der Waals surface area (Å²) in [6.45, 7) is 10.3. The quantitative estimate of drug-likeness (QED) is 0.643. The molecule has 1 aliphatic heterocycles. The van der Waals surface area contributed by atoms with Crippen LogP contribution in [0.2, 0.25) is 0 Å². The molecule has 0 aliphatic carbocycles. The fourth-order valence-electron chi connectivity index (χ4n) is 1.74. The van der Waals surface area contributed by atoms with Crippen molar-refractivity contribution in [3.8, 4) is 0 Å². The molecule has 1 aliphatic rings. The predicted octanol–water partition coefficient (Wildman–Crippen LogP) is 1.67. The van der Waals surface area contributed by atoms with Gasteiger partial charge in [0.15, 0.2) is 0 Å². The summed E-state index contributed by atoms with van der Waals surface area (Å²) in [5, 5.41) is 0. The van der Waals surface area contributed by atoms with Crippen LogP contribution < -0.4 is 0 Å². The highest BCUT2D eigenvalue weighted by atomic mass is 16.5. The van der Waals surface area contributed by atoms with Crippen LogP contribution in [0.3, 0.4) is 0 Å². The van der Waals surface area contributed by atoms with E-state index in [0.717, 1.165) is 19.6 Å². The zero-order valence-electron chi connectivity index (χ0n) is 9.67. The van der Waals surface area contributed by atoms with Crippen LogP contribution in [0.5, 0.6) is 0 Å². The molecule has 14 heavy (non-hydrogen) atoms. The second-order valence-electron chi connectivity index (χ2n) is 4.88. The molecule has 82 valence electrons. The normalized spacial score (nSPS) is 22.2. The fraction of sp³-hybridized carbons (Fsp3) is 0.909. The van der Waals surface area contributed by atoms with E-state index < -0.39 is 0 Å². The number of rotatable bonds is 1. The Kier molecular flexibility index (Phi) is 3.53. The minimum absolute atomic E-state index is 0.0869. The molecule has 0 aromatic carbocycles. The van der Waals surface area contributed by atoms with E-state index in [9.17, 15) is 4.79 Å². The van der Waals surface area contributed by atoms with Gasteiger partial charge in [-0.2, -0.15) is 0 Å². The van der Waals surface area contributed by atoms with E-state index in [1.165, 1.54) is 0 Å². The van der Waals surface area contributed by atoms with E-state index in [2.05, 4.69) is 0 Å². The molecule has 1 fully saturated rings. The summed E-state index contributed by atoms with van der Waals surface area (Å²) in [5.41, 5.74) is -0.193. The highest BCUT2D eigenvalue weighted by molar-refractivity contribution is 5.78. The first kappa shape index (κ1) is 11.5. The number of nitrogens with zero attached hydrogens (tertiary/aromatic N) is 1. The molecule has 0 aromatic heterocycles. The van der Waals surface area contributed by atoms with Crippen molar-refractivity contribution in [3.63, 3.8) is 0 Å². The molecule has 1 heterocycles. The lowest BCUT2D eigenvalue weighted by atomic mass is 10.1. The average molecular weight is 199 g/mol. The SMILES string of the molecule is CC(C)C(=O)N1CCCOC(C)(C)C1. The maximum absolute atomic E-state index is 11.8. The molecule has 1 amide bonds. The smallest absolute Gasteiger partial charge is 0.225 e. The topological polar surface area (TPSA) is 29.5 Å². The van der Waals surface area contributed by atoms with Crippen LogP contribution in [-0.2, 0) is 9.53 Å². The van der Waals surface area contributed by atoms with Gasteiger partial charge in [-0.25, -0.2) is 0 Å². The van der Waals surface area contributed by atoms with Crippen molar-refractivity contribution >= 4 is 5.91 Å². The van der Waals surface area contributed by atoms with E-state index >= 15 is 0 Å². The molecule has 3 nitrogen and oxygen atoms in total. The number of amides is 1. The van der Waals surface area contributed by atoms with Gasteiger partial charge in [0.2, 0.25) is 5.91 Å². The minimum atomic E-state index is -0.193. The van der Waals surface area contributed by atoms with Gasteiger partial charge in [-0.3, -0.25) is 4.79 Å². The van der Waals surface area contributed by atoms with E-state index in [4.69, 9.17) is 4.74 Å².